The Labute approximate surface area is 127 Å². The molecule has 0 spiro atoms. The van der Waals surface area contributed by atoms with E-state index in [0.29, 0.717) is 11.7 Å². The van der Waals surface area contributed by atoms with Crippen LogP contribution in [-0.2, 0) is 5.75 Å². The zero-order valence-electron chi connectivity index (χ0n) is 12.2. The molecule has 0 radical (unpaired) electrons. The van der Waals surface area contributed by atoms with Gasteiger partial charge in [-0.1, -0.05) is 25.6 Å². The van der Waals surface area contributed by atoms with E-state index in [9.17, 15) is 0 Å². The van der Waals surface area contributed by atoms with Crippen molar-refractivity contribution in [3.63, 3.8) is 0 Å². The number of aromatic amines is 1. The third-order valence-electron chi connectivity index (χ3n) is 3.14. The van der Waals surface area contributed by atoms with Crippen molar-refractivity contribution in [3.8, 4) is 5.75 Å². The number of fused-ring (bicyclic) bond motifs is 1. The smallest absolute Gasteiger partial charge is 0.204 e. The first kappa shape index (κ1) is 14.0. The Hall–Kier alpha value is -1.95. The summed E-state index contributed by atoms with van der Waals surface area (Å²) in [7, 11) is 1.65. The van der Waals surface area contributed by atoms with Crippen LogP contribution >= 0.6 is 11.8 Å². The molecular weight excluding hydrogens is 286 g/mol. The number of methoxy groups -OCH3 is 1. The molecule has 6 heteroatoms. The summed E-state index contributed by atoms with van der Waals surface area (Å²) in [4.78, 5) is 12.1. The maximum Gasteiger partial charge on any atom is 0.204 e. The van der Waals surface area contributed by atoms with Crippen LogP contribution in [0.25, 0.3) is 11.0 Å². The highest BCUT2D eigenvalue weighted by molar-refractivity contribution is 7.98. The van der Waals surface area contributed by atoms with Gasteiger partial charge in [0.15, 0.2) is 5.16 Å². The molecule has 0 aliphatic rings. The molecule has 3 rings (SSSR count). The maximum atomic E-state index is 5.68. The van der Waals surface area contributed by atoms with Crippen LogP contribution < -0.4 is 4.74 Å². The van der Waals surface area contributed by atoms with Crippen molar-refractivity contribution in [2.45, 2.75) is 30.7 Å². The monoisotopic (exact) mass is 303 g/mol. The van der Waals surface area contributed by atoms with E-state index in [1.54, 1.807) is 25.1 Å². The van der Waals surface area contributed by atoms with Gasteiger partial charge >= 0.3 is 0 Å². The molecule has 2 heterocycles. The molecule has 0 aliphatic carbocycles. The average molecular weight is 303 g/mol. The van der Waals surface area contributed by atoms with Crippen LogP contribution in [0.2, 0.25) is 0 Å². The van der Waals surface area contributed by atoms with E-state index in [4.69, 9.17) is 9.15 Å². The molecule has 3 aromatic rings. The van der Waals surface area contributed by atoms with E-state index in [1.165, 1.54) is 0 Å². The van der Waals surface area contributed by atoms with E-state index in [2.05, 4.69) is 28.8 Å². The molecule has 0 saturated carbocycles. The summed E-state index contributed by atoms with van der Waals surface area (Å²) in [5, 5.41) is 0.850. The van der Waals surface area contributed by atoms with E-state index < -0.39 is 0 Å². The number of rotatable bonds is 5. The van der Waals surface area contributed by atoms with Crippen LogP contribution in [0.15, 0.2) is 34.0 Å². The molecule has 5 nitrogen and oxygen atoms in total. The second-order valence-electron chi connectivity index (χ2n) is 5.02. The van der Waals surface area contributed by atoms with E-state index >= 15 is 0 Å². The van der Waals surface area contributed by atoms with Gasteiger partial charge in [-0.15, -0.1) is 0 Å². The van der Waals surface area contributed by atoms with Crippen molar-refractivity contribution in [1.82, 2.24) is 15.0 Å². The van der Waals surface area contributed by atoms with Gasteiger partial charge in [-0.3, -0.25) is 0 Å². The fourth-order valence-corrected chi connectivity index (χ4v) is 2.69. The number of benzene rings is 1. The van der Waals surface area contributed by atoms with Gasteiger partial charge in [-0.05, 0) is 12.1 Å². The van der Waals surface area contributed by atoms with Crippen LogP contribution in [0, 0.1) is 0 Å². The molecule has 0 aliphatic heterocycles. The number of nitrogens with zero attached hydrogens (tertiary/aromatic N) is 2. The zero-order valence-corrected chi connectivity index (χ0v) is 13.0. The van der Waals surface area contributed by atoms with Gasteiger partial charge in [0.1, 0.15) is 11.5 Å². The number of hydrogen-bond donors (Lipinski definition) is 1. The van der Waals surface area contributed by atoms with E-state index in [0.717, 1.165) is 33.6 Å². The Morgan fingerprint density at radius 2 is 2.24 bits per heavy atom. The topological polar surface area (TPSA) is 63.9 Å². The van der Waals surface area contributed by atoms with Gasteiger partial charge < -0.3 is 14.1 Å². The van der Waals surface area contributed by atoms with E-state index in [1.807, 2.05) is 18.2 Å². The quantitative estimate of drug-likeness (QED) is 0.722. The average Bonchev–Trinajstić information content (AvgIpc) is 3.10. The number of aromatic nitrogens is 3. The van der Waals surface area contributed by atoms with Gasteiger partial charge in [0.05, 0.1) is 30.1 Å². The van der Waals surface area contributed by atoms with Crippen molar-refractivity contribution < 1.29 is 9.15 Å². The van der Waals surface area contributed by atoms with Crippen LogP contribution in [0.5, 0.6) is 5.75 Å². The third-order valence-corrected chi connectivity index (χ3v) is 4.00. The fourth-order valence-electron chi connectivity index (χ4n) is 1.95. The minimum Gasteiger partial charge on any atom is -0.497 e. The molecule has 1 aromatic carbocycles. The molecule has 0 fully saturated rings. The van der Waals surface area contributed by atoms with Crippen LogP contribution in [0.4, 0.5) is 0 Å². The number of thioether (sulfide) groups is 1. The molecule has 1 N–H and O–H groups in total. The van der Waals surface area contributed by atoms with Gasteiger partial charge in [0.25, 0.3) is 0 Å². The Bertz CT molecular complexity index is 748. The molecule has 0 unspecified atom stereocenters. The summed E-state index contributed by atoms with van der Waals surface area (Å²) < 4.78 is 10.9. The standard InChI is InChI=1S/C15H17N3O2S/c1-9(2)13-7-16-14(20-13)8-21-15-17-11-5-4-10(19-3)6-12(11)18-15/h4-7,9H,8H2,1-3H3,(H,17,18). The highest BCUT2D eigenvalue weighted by Gasteiger charge is 2.10. The largest absolute Gasteiger partial charge is 0.497 e. The predicted molar refractivity (Wildman–Crippen MR) is 82.8 cm³/mol. The summed E-state index contributed by atoms with van der Waals surface area (Å²) in [5.41, 5.74) is 1.89. The predicted octanol–water partition coefficient (Wildman–Crippen LogP) is 3.98. The van der Waals surface area contributed by atoms with Gasteiger partial charge in [-0.2, -0.15) is 0 Å². The lowest BCUT2D eigenvalue weighted by atomic mass is 10.2. The Morgan fingerprint density at radius 1 is 1.38 bits per heavy atom. The van der Waals surface area contributed by atoms with Crippen molar-refractivity contribution in [3.05, 3.63) is 36.0 Å². The summed E-state index contributed by atoms with van der Waals surface area (Å²) in [5.74, 6) is 3.47. The van der Waals surface area contributed by atoms with Crippen molar-refractivity contribution in [2.24, 2.45) is 0 Å². The summed E-state index contributed by atoms with van der Waals surface area (Å²) >= 11 is 1.57. The molecule has 21 heavy (non-hydrogen) atoms. The minimum absolute atomic E-state index is 0.356. The lowest BCUT2D eigenvalue weighted by Crippen LogP contribution is -1.82. The minimum atomic E-state index is 0.356. The summed E-state index contributed by atoms with van der Waals surface area (Å²) in [6.07, 6.45) is 1.80. The van der Waals surface area contributed by atoms with Crippen molar-refractivity contribution in [2.75, 3.05) is 7.11 Å². The summed E-state index contributed by atoms with van der Waals surface area (Å²) in [6, 6.07) is 5.78. The SMILES string of the molecule is COc1ccc2nc(SCc3ncc(C(C)C)o3)[nH]c2c1. The molecule has 0 bridgehead atoms. The Morgan fingerprint density at radius 3 is 2.95 bits per heavy atom. The third kappa shape index (κ3) is 3.05. The molecule has 0 amide bonds. The number of nitrogens with one attached hydrogen (secondary N) is 1. The summed E-state index contributed by atoms with van der Waals surface area (Å²) in [6.45, 7) is 4.17. The normalized spacial score (nSPS) is 11.4. The lowest BCUT2D eigenvalue weighted by Gasteiger charge is -1.97. The second-order valence-corrected chi connectivity index (χ2v) is 5.99. The number of oxazole rings is 1. The zero-order chi connectivity index (χ0) is 14.8. The highest BCUT2D eigenvalue weighted by atomic mass is 32.2. The first-order valence-electron chi connectivity index (χ1n) is 6.77. The van der Waals surface area contributed by atoms with Gasteiger partial charge in [-0.25, -0.2) is 9.97 Å². The molecule has 2 aromatic heterocycles. The number of imidazole rings is 1. The van der Waals surface area contributed by atoms with Crippen molar-refractivity contribution >= 4 is 22.8 Å². The number of H-pyrrole nitrogens is 1. The van der Waals surface area contributed by atoms with Gasteiger partial charge in [0.2, 0.25) is 5.89 Å². The molecule has 0 atom stereocenters. The Kier molecular flexibility index (Phi) is 3.88. The fraction of sp³-hybridized carbons (Fsp3) is 0.333. The van der Waals surface area contributed by atoms with Crippen LogP contribution in [0.1, 0.15) is 31.4 Å². The van der Waals surface area contributed by atoms with E-state index in [-0.39, 0.29) is 0 Å². The first-order valence-corrected chi connectivity index (χ1v) is 7.75. The van der Waals surface area contributed by atoms with Crippen molar-refractivity contribution in [1.29, 1.82) is 0 Å². The highest BCUT2D eigenvalue weighted by Crippen LogP contribution is 2.26. The molecular formula is C15H17N3O2S. The van der Waals surface area contributed by atoms with Crippen LogP contribution in [-0.4, -0.2) is 22.1 Å². The number of ether oxygens (including phenoxy) is 1. The molecule has 0 saturated heterocycles. The second kappa shape index (κ2) is 5.81. The first-order chi connectivity index (χ1) is 10.2. The maximum absolute atomic E-state index is 5.68. The van der Waals surface area contributed by atoms with Crippen LogP contribution in [0.3, 0.4) is 0 Å². The molecule has 110 valence electrons. The van der Waals surface area contributed by atoms with Gasteiger partial charge in [0, 0.05) is 12.0 Å². The number of hydrogen-bond acceptors (Lipinski definition) is 5. The lowest BCUT2D eigenvalue weighted by molar-refractivity contribution is 0.415. The Balaban J connectivity index is 1.72.